The van der Waals surface area contributed by atoms with Gasteiger partial charge in [-0.1, -0.05) is 0 Å². The molecule has 1 aromatic heterocycles. The fraction of sp³-hybridized carbons (Fsp3) is 0.545. The van der Waals surface area contributed by atoms with Crippen molar-refractivity contribution < 1.29 is 14.3 Å². The maximum atomic E-state index is 11.7. The van der Waals surface area contributed by atoms with Crippen LogP contribution in [0.25, 0.3) is 0 Å². The molecule has 0 unspecified atom stereocenters. The Morgan fingerprint density at radius 1 is 1.60 bits per heavy atom. The number of aryl methyl sites for hydroxylation is 1. The zero-order chi connectivity index (χ0) is 10.9. The van der Waals surface area contributed by atoms with E-state index >= 15 is 0 Å². The fourth-order valence-electron chi connectivity index (χ4n) is 1.79. The van der Waals surface area contributed by atoms with Gasteiger partial charge in [-0.2, -0.15) is 0 Å². The zero-order valence-corrected chi connectivity index (χ0v) is 8.75. The Bertz CT molecular complexity index is 360. The number of aliphatic hydroxyl groups excluding tert-OH is 1. The number of furan rings is 1. The highest BCUT2D eigenvalue weighted by Gasteiger charge is 2.38. The minimum absolute atomic E-state index is 0.00156. The van der Waals surface area contributed by atoms with Crippen LogP contribution in [0.15, 0.2) is 16.5 Å². The molecular weight excluding hydrogens is 194 g/mol. The predicted molar refractivity (Wildman–Crippen MR) is 54.6 cm³/mol. The first-order valence-corrected chi connectivity index (χ1v) is 5.15. The van der Waals surface area contributed by atoms with Crippen LogP contribution in [-0.2, 0) is 0 Å². The van der Waals surface area contributed by atoms with Crippen LogP contribution >= 0.6 is 0 Å². The average molecular weight is 209 g/mol. The molecule has 2 N–H and O–H groups in total. The Morgan fingerprint density at radius 2 is 2.33 bits per heavy atom. The highest BCUT2D eigenvalue weighted by Crippen LogP contribution is 2.31. The summed E-state index contributed by atoms with van der Waals surface area (Å²) in [5, 5.41) is 12.0. The van der Waals surface area contributed by atoms with E-state index in [9.17, 15) is 9.90 Å². The molecule has 1 aliphatic carbocycles. The standard InChI is InChI=1S/C11H15NO3/c1-8-3-4-9(15-8)10(14)12-11(7-13)5-2-6-11/h3-4,13H,2,5-7H2,1H3,(H,12,14). The van der Waals surface area contributed by atoms with E-state index in [1.54, 1.807) is 19.1 Å². The highest BCUT2D eigenvalue weighted by atomic mass is 16.3. The topological polar surface area (TPSA) is 62.5 Å². The Morgan fingerprint density at radius 3 is 2.73 bits per heavy atom. The maximum Gasteiger partial charge on any atom is 0.287 e. The molecule has 1 aromatic rings. The van der Waals surface area contributed by atoms with E-state index in [0.717, 1.165) is 19.3 Å². The van der Waals surface area contributed by atoms with Gasteiger partial charge in [0, 0.05) is 0 Å². The van der Waals surface area contributed by atoms with E-state index in [0.29, 0.717) is 11.5 Å². The molecule has 4 heteroatoms. The van der Waals surface area contributed by atoms with E-state index in [4.69, 9.17) is 4.42 Å². The number of rotatable bonds is 3. The van der Waals surface area contributed by atoms with Gasteiger partial charge in [0.2, 0.25) is 0 Å². The van der Waals surface area contributed by atoms with Gasteiger partial charge in [0.25, 0.3) is 5.91 Å². The molecule has 15 heavy (non-hydrogen) atoms. The second kappa shape index (κ2) is 3.70. The molecule has 1 heterocycles. The monoisotopic (exact) mass is 209 g/mol. The van der Waals surface area contributed by atoms with Gasteiger partial charge >= 0.3 is 0 Å². The lowest BCUT2D eigenvalue weighted by molar-refractivity contribution is 0.0619. The van der Waals surface area contributed by atoms with Gasteiger partial charge in [0.15, 0.2) is 5.76 Å². The molecule has 4 nitrogen and oxygen atoms in total. The van der Waals surface area contributed by atoms with Crippen molar-refractivity contribution in [3.05, 3.63) is 23.7 Å². The van der Waals surface area contributed by atoms with Crippen molar-refractivity contribution >= 4 is 5.91 Å². The SMILES string of the molecule is Cc1ccc(C(=O)NC2(CO)CCC2)o1. The molecule has 0 atom stereocenters. The quantitative estimate of drug-likeness (QED) is 0.787. The predicted octanol–water partition coefficient (Wildman–Crippen LogP) is 1.23. The summed E-state index contributed by atoms with van der Waals surface area (Å²) in [5.74, 6) is 0.788. The number of nitrogens with one attached hydrogen (secondary N) is 1. The van der Waals surface area contributed by atoms with Crippen LogP contribution in [-0.4, -0.2) is 23.2 Å². The summed E-state index contributed by atoms with van der Waals surface area (Å²) in [5.41, 5.74) is -0.405. The number of aliphatic hydroxyl groups is 1. The number of hydrogen-bond acceptors (Lipinski definition) is 3. The molecule has 1 aliphatic rings. The maximum absolute atomic E-state index is 11.7. The van der Waals surface area contributed by atoms with Gasteiger partial charge in [0.1, 0.15) is 5.76 Å². The third-order valence-electron chi connectivity index (χ3n) is 2.96. The first-order chi connectivity index (χ1) is 7.15. The molecule has 0 radical (unpaired) electrons. The lowest BCUT2D eigenvalue weighted by atomic mass is 9.77. The van der Waals surface area contributed by atoms with Crippen molar-refractivity contribution in [2.75, 3.05) is 6.61 Å². The average Bonchev–Trinajstić information content (AvgIpc) is 2.58. The van der Waals surface area contributed by atoms with E-state index in [1.165, 1.54) is 0 Å². The summed E-state index contributed by atoms with van der Waals surface area (Å²) in [6, 6.07) is 3.40. The van der Waals surface area contributed by atoms with Gasteiger partial charge in [0.05, 0.1) is 12.1 Å². The summed E-state index contributed by atoms with van der Waals surface area (Å²) < 4.78 is 5.21. The first-order valence-electron chi connectivity index (χ1n) is 5.15. The zero-order valence-electron chi connectivity index (χ0n) is 8.75. The summed E-state index contributed by atoms with van der Waals surface area (Å²) in [6.45, 7) is 1.79. The molecule has 0 saturated heterocycles. The summed E-state index contributed by atoms with van der Waals surface area (Å²) in [4.78, 5) is 11.7. The molecule has 1 fully saturated rings. The Balaban J connectivity index is 2.03. The molecule has 0 aromatic carbocycles. The minimum Gasteiger partial charge on any atom is -0.456 e. The van der Waals surface area contributed by atoms with Crippen LogP contribution in [0.5, 0.6) is 0 Å². The third-order valence-corrected chi connectivity index (χ3v) is 2.96. The van der Waals surface area contributed by atoms with Crippen LogP contribution in [0.4, 0.5) is 0 Å². The largest absolute Gasteiger partial charge is 0.456 e. The van der Waals surface area contributed by atoms with Crippen LogP contribution in [0.2, 0.25) is 0 Å². The lowest BCUT2D eigenvalue weighted by Gasteiger charge is -2.40. The fourth-order valence-corrected chi connectivity index (χ4v) is 1.79. The molecular formula is C11H15NO3. The molecule has 0 bridgehead atoms. The van der Waals surface area contributed by atoms with Crippen LogP contribution < -0.4 is 5.32 Å². The Labute approximate surface area is 88.3 Å². The van der Waals surface area contributed by atoms with Crippen LogP contribution in [0.3, 0.4) is 0 Å². The van der Waals surface area contributed by atoms with Crippen LogP contribution in [0.1, 0.15) is 35.6 Å². The van der Waals surface area contributed by atoms with Crippen molar-refractivity contribution in [2.24, 2.45) is 0 Å². The second-order valence-corrected chi connectivity index (χ2v) is 4.16. The Hall–Kier alpha value is -1.29. The molecule has 0 spiro atoms. The Kier molecular flexibility index (Phi) is 2.52. The van der Waals surface area contributed by atoms with Gasteiger partial charge in [-0.05, 0) is 38.3 Å². The van der Waals surface area contributed by atoms with Crippen molar-refractivity contribution in [1.82, 2.24) is 5.32 Å². The normalized spacial score (nSPS) is 18.3. The summed E-state index contributed by atoms with van der Waals surface area (Å²) in [6.07, 6.45) is 2.74. The summed E-state index contributed by atoms with van der Waals surface area (Å²) in [7, 11) is 0. The van der Waals surface area contributed by atoms with E-state index in [1.807, 2.05) is 0 Å². The number of carbonyl (C=O) groups is 1. The van der Waals surface area contributed by atoms with Gasteiger partial charge in [-0.3, -0.25) is 4.79 Å². The molecule has 1 amide bonds. The molecule has 2 rings (SSSR count). The summed E-state index contributed by atoms with van der Waals surface area (Å²) >= 11 is 0. The smallest absolute Gasteiger partial charge is 0.287 e. The van der Waals surface area contributed by atoms with Crippen molar-refractivity contribution in [3.8, 4) is 0 Å². The van der Waals surface area contributed by atoms with E-state index < -0.39 is 5.54 Å². The number of carbonyl (C=O) groups excluding carboxylic acids is 1. The van der Waals surface area contributed by atoms with Gasteiger partial charge < -0.3 is 14.8 Å². The van der Waals surface area contributed by atoms with Crippen molar-refractivity contribution in [1.29, 1.82) is 0 Å². The van der Waals surface area contributed by atoms with E-state index in [2.05, 4.69) is 5.32 Å². The lowest BCUT2D eigenvalue weighted by Crippen LogP contribution is -2.56. The van der Waals surface area contributed by atoms with Gasteiger partial charge in [-0.25, -0.2) is 0 Å². The molecule has 82 valence electrons. The van der Waals surface area contributed by atoms with Crippen molar-refractivity contribution in [2.45, 2.75) is 31.7 Å². The number of hydrogen-bond donors (Lipinski definition) is 2. The van der Waals surface area contributed by atoms with Crippen LogP contribution in [0, 0.1) is 6.92 Å². The second-order valence-electron chi connectivity index (χ2n) is 4.16. The third kappa shape index (κ3) is 1.90. The molecule has 0 aliphatic heterocycles. The van der Waals surface area contributed by atoms with Crippen molar-refractivity contribution in [3.63, 3.8) is 0 Å². The first kappa shape index (κ1) is 10.2. The van der Waals surface area contributed by atoms with E-state index in [-0.39, 0.29) is 12.5 Å². The molecule has 1 saturated carbocycles. The minimum atomic E-state index is -0.405. The highest BCUT2D eigenvalue weighted by molar-refractivity contribution is 5.92. The van der Waals surface area contributed by atoms with Gasteiger partial charge in [-0.15, -0.1) is 0 Å². The number of amides is 1.